The van der Waals surface area contributed by atoms with Gasteiger partial charge in [0, 0.05) is 11.4 Å². The minimum Gasteiger partial charge on any atom is -0.488 e. The third-order valence-corrected chi connectivity index (χ3v) is 5.73. The maximum atomic E-state index is 12.8. The minimum atomic E-state index is -0.315. The van der Waals surface area contributed by atoms with Crippen LogP contribution in [-0.4, -0.2) is 16.7 Å². The fraction of sp³-hybridized carbons (Fsp3) is 0.190. The number of amides is 1. The third-order valence-electron chi connectivity index (χ3n) is 4.43. The minimum absolute atomic E-state index is 0.103. The number of halogens is 1. The van der Waals surface area contributed by atoms with E-state index >= 15 is 0 Å². The number of rotatable bonds is 5. The van der Waals surface area contributed by atoms with E-state index in [0.29, 0.717) is 39.4 Å². The number of benzene rings is 2. The van der Waals surface area contributed by atoms with Crippen molar-refractivity contribution in [3.05, 3.63) is 75.3 Å². The van der Waals surface area contributed by atoms with Gasteiger partial charge in [0.1, 0.15) is 12.4 Å². The Balaban J connectivity index is 1.49. The molecule has 0 spiro atoms. The van der Waals surface area contributed by atoms with Crippen LogP contribution in [0.3, 0.4) is 0 Å². The number of hydrogen-bond acceptors (Lipinski definition) is 5. The summed E-state index contributed by atoms with van der Waals surface area (Å²) in [6.07, 6.45) is 2.13. The van der Waals surface area contributed by atoms with Crippen LogP contribution in [0, 0.1) is 0 Å². The number of aryl methyl sites for hydroxylation is 1. The number of carbonyl (C=O) groups excluding carboxylic acids is 2. The zero-order valence-corrected chi connectivity index (χ0v) is 16.5. The van der Waals surface area contributed by atoms with Crippen LogP contribution in [0.1, 0.15) is 44.1 Å². The van der Waals surface area contributed by atoms with E-state index in [1.807, 2.05) is 18.2 Å². The van der Waals surface area contributed by atoms with Gasteiger partial charge in [-0.3, -0.25) is 14.9 Å². The van der Waals surface area contributed by atoms with Crippen LogP contribution in [0.25, 0.3) is 0 Å². The van der Waals surface area contributed by atoms with Gasteiger partial charge in [-0.1, -0.05) is 47.2 Å². The van der Waals surface area contributed by atoms with Crippen molar-refractivity contribution in [3.63, 3.8) is 0 Å². The summed E-state index contributed by atoms with van der Waals surface area (Å²) in [6.45, 7) is 0.321. The molecule has 0 saturated heterocycles. The second kappa shape index (κ2) is 8.12. The molecule has 1 aliphatic rings. The number of hydrogen-bond donors (Lipinski definition) is 1. The molecule has 2 aromatic carbocycles. The van der Waals surface area contributed by atoms with Crippen molar-refractivity contribution in [2.45, 2.75) is 25.9 Å². The number of thiazole rings is 1. The van der Waals surface area contributed by atoms with Gasteiger partial charge in [0.15, 0.2) is 10.9 Å². The first-order chi connectivity index (χ1) is 13.6. The summed E-state index contributed by atoms with van der Waals surface area (Å²) in [5.41, 5.74) is 2.14. The van der Waals surface area contributed by atoms with E-state index < -0.39 is 0 Å². The predicted octanol–water partition coefficient (Wildman–Crippen LogP) is 5.15. The molecular formula is C21H17ClN2O3S. The molecule has 0 fully saturated rings. The highest BCUT2D eigenvalue weighted by molar-refractivity contribution is 7.17. The van der Waals surface area contributed by atoms with Gasteiger partial charge in [-0.05, 0) is 42.7 Å². The summed E-state index contributed by atoms with van der Waals surface area (Å²) in [4.78, 5) is 29.8. The van der Waals surface area contributed by atoms with Crippen molar-refractivity contribution in [3.8, 4) is 5.75 Å². The second-order valence-corrected chi connectivity index (χ2v) is 7.87. The molecule has 0 saturated carbocycles. The van der Waals surface area contributed by atoms with Gasteiger partial charge in [-0.15, -0.1) is 0 Å². The van der Waals surface area contributed by atoms with Gasteiger partial charge in [0.2, 0.25) is 0 Å². The Bertz CT molecular complexity index is 1030. The van der Waals surface area contributed by atoms with Crippen LogP contribution in [0.2, 0.25) is 5.02 Å². The van der Waals surface area contributed by atoms with Gasteiger partial charge in [0.25, 0.3) is 5.91 Å². The molecule has 0 aliphatic heterocycles. The molecule has 0 atom stereocenters. The van der Waals surface area contributed by atoms with Gasteiger partial charge >= 0.3 is 0 Å². The van der Waals surface area contributed by atoms with E-state index in [-0.39, 0.29) is 11.7 Å². The maximum absolute atomic E-state index is 12.8. The fourth-order valence-electron chi connectivity index (χ4n) is 3.01. The summed E-state index contributed by atoms with van der Waals surface area (Å²) in [6, 6.07) is 14.4. The Labute approximate surface area is 171 Å². The maximum Gasteiger partial charge on any atom is 0.261 e. The number of nitrogens with one attached hydrogen (secondary N) is 1. The summed E-state index contributed by atoms with van der Waals surface area (Å²) in [7, 11) is 0. The zero-order chi connectivity index (χ0) is 19.5. The first kappa shape index (κ1) is 18.7. The van der Waals surface area contributed by atoms with Crippen molar-refractivity contribution in [1.82, 2.24) is 4.98 Å². The molecule has 1 N–H and O–H groups in total. The van der Waals surface area contributed by atoms with Crippen LogP contribution < -0.4 is 10.1 Å². The van der Waals surface area contributed by atoms with Crippen molar-refractivity contribution >= 4 is 39.8 Å². The molecule has 0 bridgehead atoms. The lowest BCUT2D eigenvalue weighted by Gasteiger charge is -2.11. The van der Waals surface area contributed by atoms with E-state index in [0.717, 1.165) is 24.1 Å². The van der Waals surface area contributed by atoms with Crippen LogP contribution in [0.4, 0.5) is 5.13 Å². The number of para-hydroxylation sites is 1. The average molecular weight is 413 g/mol. The van der Waals surface area contributed by atoms with Crippen molar-refractivity contribution in [2.24, 2.45) is 0 Å². The number of carbonyl (C=O) groups is 2. The largest absolute Gasteiger partial charge is 0.488 e. The Morgan fingerprint density at radius 3 is 2.71 bits per heavy atom. The molecule has 28 heavy (non-hydrogen) atoms. The summed E-state index contributed by atoms with van der Waals surface area (Å²) < 4.78 is 5.85. The summed E-state index contributed by atoms with van der Waals surface area (Å²) in [5.74, 6) is 0.267. The van der Waals surface area contributed by atoms with Crippen LogP contribution in [-0.2, 0) is 13.0 Å². The van der Waals surface area contributed by atoms with Crippen molar-refractivity contribution in [1.29, 1.82) is 0 Å². The first-order valence-corrected chi connectivity index (χ1v) is 10.1. The molecule has 0 radical (unpaired) electrons. The molecule has 3 aromatic rings. The average Bonchev–Trinajstić information content (AvgIpc) is 3.11. The molecular weight excluding hydrogens is 396 g/mol. The predicted molar refractivity (Wildman–Crippen MR) is 110 cm³/mol. The highest BCUT2D eigenvalue weighted by atomic mass is 35.5. The number of ether oxygens (including phenoxy) is 1. The van der Waals surface area contributed by atoms with Gasteiger partial charge in [-0.2, -0.15) is 0 Å². The van der Waals surface area contributed by atoms with Crippen molar-refractivity contribution in [2.75, 3.05) is 5.32 Å². The van der Waals surface area contributed by atoms with Crippen LogP contribution in [0.5, 0.6) is 5.75 Å². The molecule has 0 unspecified atom stereocenters. The Morgan fingerprint density at radius 1 is 1.14 bits per heavy atom. The van der Waals surface area contributed by atoms with Crippen LogP contribution >= 0.6 is 22.9 Å². The number of aromatic nitrogens is 1. The molecule has 7 heteroatoms. The number of nitrogens with zero attached hydrogens (tertiary/aromatic N) is 1. The fourth-order valence-corrected chi connectivity index (χ4v) is 4.11. The Hall–Kier alpha value is -2.70. The highest BCUT2D eigenvalue weighted by Gasteiger charge is 2.23. The number of ketones is 1. The third kappa shape index (κ3) is 4.08. The monoisotopic (exact) mass is 412 g/mol. The van der Waals surface area contributed by atoms with Gasteiger partial charge in [0.05, 0.1) is 16.1 Å². The van der Waals surface area contributed by atoms with E-state index in [1.54, 1.807) is 30.3 Å². The van der Waals surface area contributed by atoms with E-state index in [9.17, 15) is 9.59 Å². The summed E-state index contributed by atoms with van der Waals surface area (Å²) >= 11 is 7.14. The lowest BCUT2D eigenvalue weighted by atomic mass is 10.0. The molecule has 1 heterocycles. The first-order valence-electron chi connectivity index (χ1n) is 8.90. The quantitative estimate of drug-likeness (QED) is 0.629. The molecule has 5 nitrogen and oxygen atoms in total. The molecule has 1 aliphatic carbocycles. The number of anilines is 1. The molecule has 142 valence electrons. The SMILES string of the molecule is O=C(Nc1nc2c(s1)C(=O)CCC2)c1ccccc1OCc1ccc(Cl)cc1. The standard InChI is InChI=1S/C21H17ClN2O3S/c22-14-10-8-13(9-11-14)12-27-18-7-2-1-4-15(18)20(26)24-21-23-16-5-3-6-17(25)19(16)28-21/h1-2,4,7-11H,3,5-6,12H2,(H,23,24,26). The van der Waals surface area contributed by atoms with E-state index in [2.05, 4.69) is 10.3 Å². The van der Waals surface area contributed by atoms with E-state index in [1.165, 1.54) is 11.3 Å². The summed E-state index contributed by atoms with van der Waals surface area (Å²) in [5, 5.41) is 3.90. The molecule has 1 aromatic heterocycles. The highest BCUT2D eigenvalue weighted by Crippen LogP contribution is 2.30. The lowest BCUT2D eigenvalue weighted by Crippen LogP contribution is -2.13. The van der Waals surface area contributed by atoms with E-state index in [4.69, 9.17) is 16.3 Å². The topological polar surface area (TPSA) is 68.3 Å². The molecule has 1 amide bonds. The van der Waals surface area contributed by atoms with Gasteiger partial charge in [-0.25, -0.2) is 4.98 Å². The van der Waals surface area contributed by atoms with Crippen molar-refractivity contribution < 1.29 is 14.3 Å². The normalized spacial score (nSPS) is 13.1. The number of Topliss-reactive ketones (excluding diaryl/α,β-unsaturated/α-hetero) is 1. The van der Waals surface area contributed by atoms with Gasteiger partial charge < -0.3 is 4.74 Å². The Morgan fingerprint density at radius 2 is 1.93 bits per heavy atom. The lowest BCUT2D eigenvalue weighted by molar-refractivity contribution is 0.0975. The number of fused-ring (bicyclic) bond motifs is 1. The molecule has 4 rings (SSSR count). The van der Waals surface area contributed by atoms with Crippen LogP contribution in [0.15, 0.2) is 48.5 Å². The smallest absolute Gasteiger partial charge is 0.261 e. The second-order valence-electron chi connectivity index (χ2n) is 6.44. The Kier molecular flexibility index (Phi) is 5.41. The zero-order valence-electron chi connectivity index (χ0n) is 14.9.